The average Bonchev–Trinajstić information content (AvgIpc) is 2.30. The molecule has 0 spiro atoms. The lowest BCUT2D eigenvalue weighted by molar-refractivity contribution is 0.0891. The second-order valence-electron chi connectivity index (χ2n) is 3.66. The topological polar surface area (TPSA) is 38.2 Å². The summed E-state index contributed by atoms with van der Waals surface area (Å²) in [6.45, 7) is 1.89. The van der Waals surface area contributed by atoms with Gasteiger partial charge in [0.15, 0.2) is 11.0 Å². The van der Waals surface area contributed by atoms with Crippen LogP contribution in [0, 0.1) is 0 Å². The molecule has 0 radical (unpaired) electrons. The zero-order valence-corrected chi connectivity index (χ0v) is 9.44. The highest BCUT2D eigenvalue weighted by Crippen LogP contribution is 2.19. The first kappa shape index (κ1) is 10.6. The molecule has 1 atom stereocenters. The Kier molecular flexibility index (Phi) is 3.38. The van der Waals surface area contributed by atoms with Crippen molar-refractivity contribution >= 4 is 17.4 Å². The summed E-state index contributed by atoms with van der Waals surface area (Å²) in [6.07, 6.45) is 2.55. The molecule has 1 aliphatic heterocycles. The van der Waals surface area contributed by atoms with Gasteiger partial charge in [-0.15, -0.1) is 10.2 Å². The van der Waals surface area contributed by atoms with Crippen LogP contribution in [0.5, 0.6) is 0 Å². The van der Waals surface area contributed by atoms with Crippen LogP contribution in [0.4, 0.5) is 5.82 Å². The molecule has 0 saturated carbocycles. The highest BCUT2D eigenvalue weighted by atomic mass is 35.5. The van der Waals surface area contributed by atoms with Gasteiger partial charge in [-0.3, -0.25) is 0 Å². The van der Waals surface area contributed by atoms with Gasteiger partial charge in [0.25, 0.3) is 0 Å². The minimum atomic E-state index is 0.302. The van der Waals surface area contributed by atoms with E-state index in [1.165, 1.54) is 0 Å². The lowest BCUT2D eigenvalue weighted by Gasteiger charge is -2.32. The van der Waals surface area contributed by atoms with Crippen LogP contribution in [0.1, 0.15) is 12.8 Å². The van der Waals surface area contributed by atoms with E-state index in [0.717, 1.165) is 31.7 Å². The predicted octanol–water partition coefficient (Wildman–Crippen LogP) is 1.75. The van der Waals surface area contributed by atoms with Crippen molar-refractivity contribution in [3.63, 3.8) is 0 Å². The smallest absolute Gasteiger partial charge is 0.151 e. The zero-order chi connectivity index (χ0) is 10.7. The molecule has 0 amide bonds. The molecule has 1 unspecified atom stereocenters. The zero-order valence-electron chi connectivity index (χ0n) is 8.69. The second kappa shape index (κ2) is 4.77. The second-order valence-corrected chi connectivity index (χ2v) is 4.05. The molecule has 5 heteroatoms. The van der Waals surface area contributed by atoms with Gasteiger partial charge in [-0.1, -0.05) is 11.6 Å². The fourth-order valence-electron chi connectivity index (χ4n) is 1.82. The minimum absolute atomic E-state index is 0.302. The van der Waals surface area contributed by atoms with Crippen molar-refractivity contribution in [2.45, 2.75) is 18.9 Å². The van der Waals surface area contributed by atoms with Crippen LogP contribution in [0.2, 0.25) is 5.15 Å². The molecular formula is C10H14ClN3O. The number of hydrogen-bond acceptors (Lipinski definition) is 4. The van der Waals surface area contributed by atoms with E-state index in [2.05, 4.69) is 15.1 Å². The summed E-state index contributed by atoms with van der Waals surface area (Å²) >= 11 is 5.69. The van der Waals surface area contributed by atoms with Crippen LogP contribution in [0.25, 0.3) is 0 Å². The maximum Gasteiger partial charge on any atom is 0.151 e. The Hall–Kier alpha value is -0.870. The lowest BCUT2D eigenvalue weighted by Crippen LogP contribution is -2.39. The van der Waals surface area contributed by atoms with Gasteiger partial charge in [-0.25, -0.2) is 0 Å². The molecule has 82 valence electrons. The van der Waals surface area contributed by atoms with E-state index in [1.807, 2.05) is 6.07 Å². The molecule has 1 aromatic rings. The number of piperidine rings is 1. The minimum Gasteiger partial charge on any atom is -0.380 e. The molecular weight excluding hydrogens is 214 g/mol. The predicted molar refractivity (Wildman–Crippen MR) is 59.3 cm³/mol. The fraction of sp³-hybridized carbons (Fsp3) is 0.600. The van der Waals surface area contributed by atoms with Crippen molar-refractivity contribution in [3.8, 4) is 0 Å². The van der Waals surface area contributed by atoms with Crippen LogP contribution in [-0.2, 0) is 4.74 Å². The van der Waals surface area contributed by atoms with Crippen molar-refractivity contribution in [3.05, 3.63) is 17.3 Å². The molecule has 2 rings (SSSR count). The number of ether oxygens (including phenoxy) is 1. The molecule has 0 bridgehead atoms. The van der Waals surface area contributed by atoms with Gasteiger partial charge >= 0.3 is 0 Å². The molecule has 0 N–H and O–H groups in total. The number of methoxy groups -OCH3 is 1. The quantitative estimate of drug-likeness (QED) is 0.772. The van der Waals surface area contributed by atoms with Crippen molar-refractivity contribution < 1.29 is 4.74 Å². The standard InChI is InChI=1S/C10H14ClN3O/c1-15-8-3-2-6-14(7-8)10-5-4-9(11)12-13-10/h4-5,8H,2-3,6-7H2,1H3. The van der Waals surface area contributed by atoms with E-state index >= 15 is 0 Å². The van der Waals surface area contributed by atoms with Crippen LogP contribution in [0.3, 0.4) is 0 Å². The first-order valence-corrected chi connectivity index (χ1v) is 5.44. The first-order chi connectivity index (χ1) is 7.29. The van der Waals surface area contributed by atoms with E-state index in [0.29, 0.717) is 11.3 Å². The number of nitrogens with zero attached hydrogens (tertiary/aromatic N) is 3. The van der Waals surface area contributed by atoms with E-state index in [9.17, 15) is 0 Å². The molecule has 4 nitrogen and oxygen atoms in total. The first-order valence-electron chi connectivity index (χ1n) is 5.06. The Balaban J connectivity index is 2.06. The monoisotopic (exact) mass is 227 g/mol. The van der Waals surface area contributed by atoms with Crippen LogP contribution < -0.4 is 4.90 Å². The van der Waals surface area contributed by atoms with Gasteiger partial charge in [-0.05, 0) is 25.0 Å². The Bertz CT molecular complexity index is 317. The maximum atomic E-state index is 5.69. The average molecular weight is 228 g/mol. The van der Waals surface area contributed by atoms with Crippen molar-refractivity contribution in [2.24, 2.45) is 0 Å². The SMILES string of the molecule is COC1CCCN(c2ccc(Cl)nn2)C1. The molecule has 1 aliphatic rings. The molecule has 1 fully saturated rings. The summed E-state index contributed by atoms with van der Waals surface area (Å²) in [6, 6.07) is 3.66. The van der Waals surface area contributed by atoms with Gasteiger partial charge in [0.1, 0.15) is 0 Å². The lowest BCUT2D eigenvalue weighted by atomic mass is 10.1. The summed E-state index contributed by atoms with van der Waals surface area (Å²) in [7, 11) is 1.75. The van der Waals surface area contributed by atoms with Gasteiger partial charge in [0.05, 0.1) is 6.10 Å². The van der Waals surface area contributed by atoms with E-state index in [1.54, 1.807) is 13.2 Å². The third-order valence-electron chi connectivity index (χ3n) is 2.65. The third-order valence-corrected chi connectivity index (χ3v) is 2.85. The van der Waals surface area contributed by atoms with Gasteiger partial charge < -0.3 is 9.64 Å². The Morgan fingerprint density at radius 2 is 2.33 bits per heavy atom. The number of halogens is 1. The summed E-state index contributed by atoms with van der Waals surface area (Å²) in [4.78, 5) is 2.18. The fourth-order valence-corrected chi connectivity index (χ4v) is 1.92. The number of rotatable bonds is 2. The molecule has 0 aromatic carbocycles. The molecule has 2 heterocycles. The highest BCUT2D eigenvalue weighted by molar-refractivity contribution is 6.29. The Labute approximate surface area is 94.2 Å². The molecule has 0 aliphatic carbocycles. The third kappa shape index (κ3) is 2.58. The van der Waals surface area contributed by atoms with E-state index < -0.39 is 0 Å². The normalized spacial score (nSPS) is 21.7. The summed E-state index contributed by atoms with van der Waals surface area (Å²) in [5, 5.41) is 8.33. The highest BCUT2D eigenvalue weighted by Gasteiger charge is 2.20. The van der Waals surface area contributed by atoms with Crippen LogP contribution in [0.15, 0.2) is 12.1 Å². The van der Waals surface area contributed by atoms with Crippen LogP contribution in [-0.4, -0.2) is 36.5 Å². The van der Waals surface area contributed by atoms with E-state index in [4.69, 9.17) is 16.3 Å². The Morgan fingerprint density at radius 3 is 3.00 bits per heavy atom. The molecule has 15 heavy (non-hydrogen) atoms. The van der Waals surface area contributed by atoms with Crippen LogP contribution >= 0.6 is 11.6 Å². The van der Waals surface area contributed by atoms with Gasteiger partial charge in [0.2, 0.25) is 0 Å². The van der Waals surface area contributed by atoms with E-state index in [-0.39, 0.29) is 0 Å². The summed E-state index contributed by atoms with van der Waals surface area (Å²) in [5.41, 5.74) is 0. The van der Waals surface area contributed by atoms with Crippen molar-refractivity contribution in [1.82, 2.24) is 10.2 Å². The largest absolute Gasteiger partial charge is 0.380 e. The maximum absolute atomic E-state index is 5.69. The molecule has 1 saturated heterocycles. The Morgan fingerprint density at radius 1 is 1.47 bits per heavy atom. The van der Waals surface area contributed by atoms with Crippen molar-refractivity contribution in [1.29, 1.82) is 0 Å². The van der Waals surface area contributed by atoms with Gasteiger partial charge in [0, 0.05) is 20.2 Å². The summed E-state index contributed by atoms with van der Waals surface area (Å²) in [5.74, 6) is 0.876. The van der Waals surface area contributed by atoms with Crippen molar-refractivity contribution in [2.75, 3.05) is 25.1 Å². The summed E-state index contributed by atoms with van der Waals surface area (Å²) < 4.78 is 5.35. The number of aromatic nitrogens is 2. The number of hydrogen-bond donors (Lipinski definition) is 0. The number of anilines is 1. The van der Waals surface area contributed by atoms with Gasteiger partial charge in [-0.2, -0.15) is 0 Å². The molecule has 1 aromatic heterocycles.